The third kappa shape index (κ3) is 3.67. The van der Waals surface area contributed by atoms with Crippen molar-refractivity contribution in [2.75, 3.05) is 13.7 Å². The molecule has 0 bridgehead atoms. The van der Waals surface area contributed by atoms with Crippen molar-refractivity contribution < 1.29 is 4.74 Å². The molecule has 0 amide bonds. The fourth-order valence-electron chi connectivity index (χ4n) is 2.51. The van der Waals surface area contributed by atoms with Gasteiger partial charge in [-0.05, 0) is 26.7 Å². The molecule has 0 atom stereocenters. The molecule has 5 heteroatoms. The first kappa shape index (κ1) is 15.2. The summed E-state index contributed by atoms with van der Waals surface area (Å²) < 4.78 is 5.47. The lowest BCUT2D eigenvalue weighted by atomic mass is 10.1. The van der Waals surface area contributed by atoms with Gasteiger partial charge in [0.15, 0.2) is 0 Å². The largest absolute Gasteiger partial charge is 0.496 e. The van der Waals surface area contributed by atoms with Crippen LogP contribution in [-0.2, 0) is 6.54 Å². The van der Waals surface area contributed by atoms with Crippen LogP contribution in [0.3, 0.4) is 0 Å². The summed E-state index contributed by atoms with van der Waals surface area (Å²) in [6, 6.07) is 0.665. The lowest BCUT2D eigenvalue weighted by Gasteiger charge is -2.23. The number of nitrogens with zero attached hydrogens (tertiary/aromatic N) is 2. The Kier molecular flexibility index (Phi) is 4.94. The van der Waals surface area contributed by atoms with Crippen LogP contribution in [0.15, 0.2) is 6.20 Å². The van der Waals surface area contributed by atoms with Gasteiger partial charge in [0.05, 0.1) is 17.8 Å². The van der Waals surface area contributed by atoms with E-state index in [4.69, 9.17) is 22.7 Å². The van der Waals surface area contributed by atoms with Crippen LogP contribution in [0.2, 0.25) is 0 Å². The number of methoxy groups -OCH3 is 1. The van der Waals surface area contributed by atoms with Gasteiger partial charge in [0, 0.05) is 42.9 Å². The molecule has 0 aliphatic heterocycles. The highest BCUT2D eigenvalue weighted by Crippen LogP contribution is 2.30. The Morgan fingerprint density at radius 2 is 2.20 bits per heavy atom. The van der Waals surface area contributed by atoms with Gasteiger partial charge in [-0.2, -0.15) is 0 Å². The highest BCUT2D eigenvalue weighted by Gasteiger charge is 2.29. The van der Waals surface area contributed by atoms with E-state index in [1.807, 2.05) is 13.1 Å². The summed E-state index contributed by atoms with van der Waals surface area (Å²) >= 11 is 4.98. The molecule has 2 rings (SSSR count). The molecule has 0 spiro atoms. The van der Waals surface area contributed by atoms with Crippen molar-refractivity contribution in [1.29, 1.82) is 0 Å². The minimum Gasteiger partial charge on any atom is -0.496 e. The summed E-state index contributed by atoms with van der Waals surface area (Å²) in [5.74, 6) is 0.945. The summed E-state index contributed by atoms with van der Waals surface area (Å²) in [7, 11) is 1.71. The zero-order valence-corrected chi connectivity index (χ0v) is 13.3. The maximum Gasteiger partial charge on any atom is 0.128 e. The predicted molar refractivity (Wildman–Crippen MR) is 85.1 cm³/mol. The SMILES string of the molecule is COc1c(C)cnc(CN(CCC(N)=S)C2CC2)c1C. The number of ether oxygens (including phenoxy) is 1. The number of rotatable bonds is 7. The Bertz CT molecular complexity index is 500. The summed E-state index contributed by atoms with van der Waals surface area (Å²) in [4.78, 5) is 7.60. The number of pyridine rings is 1. The molecule has 20 heavy (non-hydrogen) atoms. The lowest BCUT2D eigenvalue weighted by molar-refractivity contribution is 0.258. The Morgan fingerprint density at radius 3 is 2.75 bits per heavy atom. The van der Waals surface area contributed by atoms with Crippen molar-refractivity contribution in [2.45, 2.75) is 45.7 Å². The van der Waals surface area contributed by atoms with E-state index in [-0.39, 0.29) is 0 Å². The van der Waals surface area contributed by atoms with Gasteiger partial charge in [0.1, 0.15) is 5.75 Å². The molecule has 1 aliphatic rings. The van der Waals surface area contributed by atoms with Crippen molar-refractivity contribution in [3.8, 4) is 5.75 Å². The summed E-state index contributed by atoms with van der Waals surface area (Å²) in [6.45, 7) is 5.86. The van der Waals surface area contributed by atoms with Crippen LogP contribution in [0.25, 0.3) is 0 Å². The van der Waals surface area contributed by atoms with E-state index in [9.17, 15) is 0 Å². The van der Waals surface area contributed by atoms with E-state index < -0.39 is 0 Å². The molecule has 0 aromatic carbocycles. The standard InChI is InChI=1S/C15H23N3OS/c1-10-8-17-13(11(2)15(10)19-3)9-18(12-4-5-12)7-6-14(16)20/h8,12H,4-7,9H2,1-3H3,(H2,16,20). The molecule has 0 saturated heterocycles. The van der Waals surface area contributed by atoms with Crippen molar-refractivity contribution >= 4 is 17.2 Å². The van der Waals surface area contributed by atoms with Crippen molar-refractivity contribution in [2.24, 2.45) is 5.73 Å². The Labute approximate surface area is 126 Å². The van der Waals surface area contributed by atoms with E-state index in [1.54, 1.807) is 7.11 Å². The molecule has 1 aromatic heterocycles. The van der Waals surface area contributed by atoms with Gasteiger partial charge in [-0.1, -0.05) is 12.2 Å². The van der Waals surface area contributed by atoms with Gasteiger partial charge in [-0.25, -0.2) is 0 Å². The first-order valence-electron chi connectivity index (χ1n) is 7.04. The maximum absolute atomic E-state index is 5.62. The van der Waals surface area contributed by atoms with Gasteiger partial charge in [0.25, 0.3) is 0 Å². The molecule has 4 nitrogen and oxygen atoms in total. The minimum absolute atomic E-state index is 0.585. The Morgan fingerprint density at radius 1 is 1.50 bits per heavy atom. The molecule has 1 aliphatic carbocycles. The van der Waals surface area contributed by atoms with Crippen molar-refractivity contribution in [3.05, 3.63) is 23.0 Å². The van der Waals surface area contributed by atoms with Gasteiger partial charge in [-0.3, -0.25) is 9.88 Å². The van der Waals surface area contributed by atoms with Gasteiger partial charge in [0.2, 0.25) is 0 Å². The van der Waals surface area contributed by atoms with Gasteiger partial charge < -0.3 is 10.5 Å². The Hall–Kier alpha value is -1.20. The van der Waals surface area contributed by atoms with Crippen LogP contribution in [-0.4, -0.2) is 34.6 Å². The summed E-state index contributed by atoms with van der Waals surface area (Å²) in [6.07, 6.45) is 5.19. The summed E-state index contributed by atoms with van der Waals surface area (Å²) in [5, 5.41) is 0. The monoisotopic (exact) mass is 293 g/mol. The Balaban J connectivity index is 2.12. The molecule has 110 valence electrons. The molecule has 1 aromatic rings. The molecule has 2 N–H and O–H groups in total. The van der Waals surface area contributed by atoms with Crippen molar-refractivity contribution in [3.63, 3.8) is 0 Å². The minimum atomic E-state index is 0.585. The van der Waals surface area contributed by atoms with E-state index in [1.165, 1.54) is 12.8 Å². The maximum atomic E-state index is 5.62. The van der Waals surface area contributed by atoms with Crippen molar-refractivity contribution in [1.82, 2.24) is 9.88 Å². The second kappa shape index (κ2) is 6.50. The van der Waals surface area contributed by atoms with Gasteiger partial charge in [-0.15, -0.1) is 0 Å². The zero-order valence-electron chi connectivity index (χ0n) is 12.5. The van der Waals surface area contributed by atoms with Crippen LogP contribution in [0, 0.1) is 13.8 Å². The number of hydrogen-bond acceptors (Lipinski definition) is 4. The van der Waals surface area contributed by atoms with Crippen LogP contribution in [0.5, 0.6) is 5.75 Å². The molecule has 1 heterocycles. The highest BCUT2D eigenvalue weighted by atomic mass is 32.1. The highest BCUT2D eigenvalue weighted by molar-refractivity contribution is 7.80. The smallest absolute Gasteiger partial charge is 0.128 e. The van der Waals surface area contributed by atoms with Gasteiger partial charge >= 0.3 is 0 Å². The fraction of sp³-hybridized carbons (Fsp3) is 0.600. The number of aryl methyl sites for hydroxylation is 1. The molecule has 1 saturated carbocycles. The van der Waals surface area contributed by atoms with E-state index in [2.05, 4.69) is 16.8 Å². The second-order valence-electron chi connectivity index (χ2n) is 5.46. The lowest BCUT2D eigenvalue weighted by Crippen LogP contribution is -2.30. The number of thiocarbonyl (C=S) groups is 1. The third-order valence-electron chi connectivity index (χ3n) is 3.81. The van der Waals surface area contributed by atoms with E-state index in [0.29, 0.717) is 11.0 Å². The quantitative estimate of drug-likeness (QED) is 0.782. The average molecular weight is 293 g/mol. The molecular formula is C15H23N3OS. The first-order valence-corrected chi connectivity index (χ1v) is 7.45. The van der Waals surface area contributed by atoms with E-state index in [0.717, 1.165) is 42.1 Å². The zero-order chi connectivity index (χ0) is 14.7. The fourth-order valence-corrected chi connectivity index (χ4v) is 2.60. The van der Waals surface area contributed by atoms with Crippen LogP contribution < -0.4 is 10.5 Å². The molecule has 1 fully saturated rings. The first-order chi connectivity index (χ1) is 9.52. The molecule has 0 radical (unpaired) electrons. The van der Waals surface area contributed by atoms with E-state index >= 15 is 0 Å². The topological polar surface area (TPSA) is 51.4 Å². The summed E-state index contributed by atoms with van der Waals surface area (Å²) in [5.41, 5.74) is 8.92. The number of aromatic nitrogens is 1. The molecule has 0 unspecified atom stereocenters. The second-order valence-corrected chi connectivity index (χ2v) is 5.99. The molecular weight excluding hydrogens is 270 g/mol. The average Bonchev–Trinajstić information content (AvgIpc) is 3.21. The van der Waals surface area contributed by atoms with Crippen LogP contribution in [0.4, 0.5) is 0 Å². The number of hydrogen-bond donors (Lipinski definition) is 1. The normalized spacial score (nSPS) is 14.6. The number of nitrogens with two attached hydrogens (primary N) is 1. The third-order valence-corrected chi connectivity index (χ3v) is 4.02. The van der Waals surface area contributed by atoms with Crippen LogP contribution >= 0.6 is 12.2 Å². The predicted octanol–water partition coefficient (Wildman–Crippen LogP) is 2.35. The van der Waals surface area contributed by atoms with Crippen LogP contribution in [0.1, 0.15) is 36.1 Å².